The highest BCUT2D eigenvalue weighted by Crippen LogP contribution is 2.41. The van der Waals surface area contributed by atoms with Gasteiger partial charge in [-0.05, 0) is 15.9 Å². The largest absolute Gasteiger partial charge is 0.419 e. The monoisotopic (exact) mass is 305 g/mol. The minimum absolute atomic E-state index is 0.537. The minimum Gasteiger partial charge on any atom is -0.392 e. The van der Waals surface area contributed by atoms with Gasteiger partial charge < -0.3 is 5.11 Å². The van der Waals surface area contributed by atoms with Crippen molar-refractivity contribution in [3.8, 4) is 0 Å². The predicted octanol–water partition coefficient (Wildman–Crippen LogP) is 3.29. The molecule has 1 aromatic heterocycles. The average Bonchev–Trinajstić information content (AvgIpc) is 2.15. The molecule has 1 heterocycles. The van der Waals surface area contributed by atoms with E-state index in [0.717, 1.165) is 6.20 Å². The second-order valence-electron chi connectivity index (χ2n) is 2.82. The number of rotatable bonds is 2. The van der Waals surface area contributed by atoms with Crippen LogP contribution in [0.1, 0.15) is 23.1 Å². The Kier molecular flexibility index (Phi) is 3.84. The quantitative estimate of drug-likeness (QED) is 0.672. The van der Waals surface area contributed by atoms with Gasteiger partial charge in [0.15, 0.2) is 0 Å². The number of pyridine rings is 1. The van der Waals surface area contributed by atoms with Crippen LogP contribution in [0.5, 0.6) is 0 Å². The zero-order valence-corrected chi connectivity index (χ0v) is 9.11. The van der Waals surface area contributed by atoms with Crippen molar-refractivity contribution >= 4 is 15.9 Å². The van der Waals surface area contributed by atoms with Crippen molar-refractivity contribution in [2.45, 2.75) is 19.2 Å². The first-order valence-electron chi connectivity index (χ1n) is 3.92. The van der Waals surface area contributed by atoms with Crippen LogP contribution in [0.2, 0.25) is 0 Å². The molecule has 0 aliphatic rings. The molecule has 0 aliphatic heterocycles. The highest BCUT2D eigenvalue weighted by atomic mass is 79.9. The average molecular weight is 306 g/mol. The lowest BCUT2D eigenvalue weighted by atomic mass is 10.1. The summed E-state index contributed by atoms with van der Waals surface area (Å²) in [6, 6.07) is 0. The van der Waals surface area contributed by atoms with Crippen molar-refractivity contribution in [2.75, 3.05) is 0 Å². The maximum absolute atomic E-state index is 12.5. The van der Waals surface area contributed by atoms with Gasteiger partial charge in [-0.3, -0.25) is 0 Å². The Bertz CT molecular complexity index is 393. The second kappa shape index (κ2) is 4.62. The standard InChI is InChI=1S/C8H5BrF5NO/c9-6-5(8(12,13)14)4(7(10)11)3(2-16)1-15-6/h1,7,16H,2H2. The summed E-state index contributed by atoms with van der Waals surface area (Å²) in [7, 11) is 0. The summed E-state index contributed by atoms with van der Waals surface area (Å²) in [5, 5.41) is 8.69. The number of hydrogen-bond acceptors (Lipinski definition) is 2. The second-order valence-corrected chi connectivity index (χ2v) is 3.57. The van der Waals surface area contributed by atoms with Gasteiger partial charge >= 0.3 is 6.18 Å². The molecule has 0 fully saturated rings. The summed E-state index contributed by atoms with van der Waals surface area (Å²) in [4.78, 5) is 3.26. The Hall–Kier alpha value is -0.760. The number of aliphatic hydroxyl groups is 1. The van der Waals surface area contributed by atoms with Gasteiger partial charge in [-0.2, -0.15) is 13.2 Å². The summed E-state index contributed by atoms with van der Waals surface area (Å²) in [5.74, 6) is 0. The highest BCUT2D eigenvalue weighted by molar-refractivity contribution is 9.10. The molecule has 0 aliphatic carbocycles. The third-order valence-electron chi connectivity index (χ3n) is 1.83. The maximum Gasteiger partial charge on any atom is 0.419 e. The highest BCUT2D eigenvalue weighted by Gasteiger charge is 2.40. The van der Waals surface area contributed by atoms with Crippen molar-refractivity contribution < 1.29 is 27.1 Å². The van der Waals surface area contributed by atoms with Gasteiger partial charge in [-0.25, -0.2) is 13.8 Å². The zero-order chi connectivity index (χ0) is 12.5. The normalized spacial score (nSPS) is 12.2. The fourth-order valence-corrected chi connectivity index (χ4v) is 1.73. The van der Waals surface area contributed by atoms with E-state index in [-0.39, 0.29) is 0 Å². The first-order chi connectivity index (χ1) is 7.29. The van der Waals surface area contributed by atoms with E-state index in [4.69, 9.17) is 5.11 Å². The molecular weight excluding hydrogens is 301 g/mol. The molecule has 1 aromatic rings. The first kappa shape index (κ1) is 13.3. The molecule has 16 heavy (non-hydrogen) atoms. The van der Waals surface area contributed by atoms with Crippen LogP contribution in [-0.4, -0.2) is 10.1 Å². The van der Waals surface area contributed by atoms with Crippen LogP contribution >= 0.6 is 15.9 Å². The third-order valence-corrected chi connectivity index (χ3v) is 2.43. The lowest BCUT2D eigenvalue weighted by Gasteiger charge is -2.16. The first-order valence-corrected chi connectivity index (χ1v) is 4.71. The van der Waals surface area contributed by atoms with Crippen molar-refractivity contribution in [1.82, 2.24) is 4.98 Å². The van der Waals surface area contributed by atoms with Crippen LogP contribution in [0.25, 0.3) is 0 Å². The molecule has 0 spiro atoms. The zero-order valence-electron chi connectivity index (χ0n) is 7.52. The molecule has 1 N–H and O–H groups in total. The van der Waals surface area contributed by atoms with Gasteiger partial charge in [-0.1, -0.05) is 0 Å². The Morgan fingerprint density at radius 3 is 2.31 bits per heavy atom. The molecule has 0 radical (unpaired) electrons. The number of nitrogens with zero attached hydrogens (tertiary/aromatic N) is 1. The van der Waals surface area contributed by atoms with Crippen molar-refractivity contribution in [1.29, 1.82) is 0 Å². The molecule has 1 rings (SSSR count). The maximum atomic E-state index is 12.5. The van der Waals surface area contributed by atoms with Gasteiger partial charge in [0, 0.05) is 17.3 Å². The van der Waals surface area contributed by atoms with E-state index < -0.39 is 40.5 Å². The summed E-state index contributed by atoms with van der Waals surface area (Å²) in [6.45, 7) is -0.928. The van der Waals surface area contributed by atoms with E-state index in [2.05, 4.69) is 20.9 Å². The van der Waals surface area contributed by atoms with Crippen LogP contribution in [0.15, 0.2) is 10.8 Å². The molecule has 0 amide bonds. The Labute approximate surface area is 95.2 Å². The van der Waals surface area contributed by atoms with E-state index in [1.54, 1.807) is 0 Å². The van der Waals surface area contributed by atoms with Crippen molar-refractivity contribution in [3.05, 3.63) is 27.5 Å². The van der Waals surface area contributed by atoms with Crippen LogP contribution in [0.4, 0.5) is 22.0 Å². The van der Waals surface area contributed by atoms with Crippen LogP contribution < -0.4 is 0 Å². The van der Waals surface area contributed by atoms with E-state index in [0.29, 0.717) is 0 Å². The van der Waals surface area contributed by atoms with Gasteiger partial charge in [0.25, 0.3) is 6.43 Å². The number of aliphatic hydroxyl groups excluding tert-OH is 1. The predicted molar refractivity (Wildman–Crippen MR) is 47.8 cm³/mol. The molecule has 0 unspecified atom stereocenters. The molecule has 8 heteroatoms. The van der Waals surface area contributed by atoms with Gasteiger partial charge in [0.05, 0.1) is 12.2 Å². The Morgan fingerprint density at radius 2 is 1.94 bits per heavy atom. The number of hydrogen-bond donors (Lipinski definition) is 1. The minimum atomic E-state index is -4.96. The number of alkyl halides is 5. The molecule has 0 saturated carbocycles. The number of aromatic nitrogens is 1. The summed E-state index contributed by atoms with van der Waals surface area (Å²) >= 11 is 2.47. The van der Waals surface area contributed by atoms with Gasteiger partial charge in [0.1, 0.15) is 4.60 Å². The molecule has 0 saturated heterocycles. The molecule has 0 atom stereocenters. The van der Waals surface area contributed by atoms with Crippen LogP contribution in [0.3, 0.4) is 0 Å². The molecule has 90 valence electrons. The number of halogens is 6. The summed E-state index contributed by atoms with van der Waals surface area (Å²) in [6.07, 6.45) is -7.51. The van der Waals surface area contributed by atoms with E-state index in [9.17, 15) is 22.0 Å². The smallest absolute Gasteiger partial charge is 0.392 e. The Morgan fingerprint density at radius 1 is 1.38 bits per heavy atom. The molecular formula is C8H5BrF5NO. The lowest BCUT2D eigenvalue weighted by Crippen LogP contribution is -2.14. The molecule has 2 nitrogen and oxygen atoms in total. The Balaban J connectivity index is 3.55. The van der Waals surface area contributed by atoms with Crippen molar-refractivity contribution in [2.24, 2.45) is 0 Å². The molecule has 0 aromatic carbocycles. The van der Waals surface area contributed by atoms with Crippen molar-refractivity contribution in [3.63, 3.8) is 0 Å². The lowest BCUT2D eigenvalue weighted by molar-refractivity contribution is -0.140. The van der Waals surface area contributed by atoms with Gasteiger partial charge in [0.2, 0.25) is 0 Å². The third kappa shape index (κ3) is 2.49. The molecule has 0 bridgehead atoms. The van der Waals surface area contributed by atoms with E-state index >= 15 is 0 Å². The topological polar surface area (TPSA) is 33.1 Å². The van der Waals surface area contributed by atoms with Crippen LogP contribution in [-0.2, 0) is 12.8 Å². The fourth-order valence-electron chi connectivity index (χ4n) is 1.19. The van der Waals surface area contributed by atoms with E-state index in [1.165, 1.54) is 0 Å². The fraction of sp³-hybridized carbons (Fsp3) is 0.375. The van der Waals surface area contributed by atoms with E-state index in [1.807, 2.05) is 0 Å². The summed E-state index contributed by atoms with van der Waals surface area (Å²) < 4.78 is 61.8. The SMILES string of the molecule is OCc1cnc(Br)c(C(F)(F)F)c1C(F)F. The van der Waals surface area contributed by atoms with Crippen LogP contribution in [0, 0.1) is 0 Å². The summed E-state index contributed by atoms with van der Waals surface area (Å²) in [5.41, 5.74) is -3.32. The van der Waals surface area contributed by atoms with Gasteiger partial charge in [-0.15, -0.1) is 0 Å².